The van der Waals surface area contributed by atoms with Gasteiger partial charge in [-0.1, -0.05) is 6.07 Å². The topological polar surface area (TPSA) is 86.0 Å². The van der Waals surface area contributed by atoms with Crippen LogP contribution in [0.3, 0.4) is 0 Å². The Morgan fingerprint density at radius 3 is 3.00 bits per heavy atom. The standard InChI is InChI=1S/C12H15N5O/c1-18-12-10(13)11(16-8-17-12)15-6-4-9-3-2-5-14-7-9/h2-3,5,7-8H,4,6,13H2,1H3,(H,15,16,17). The summed E-state index contributed by atoms with van der Waals surface area (Å²) >= 11 is 0. The minimum absolute atomic E-state index is 0.383. The summed E-state index contributed by atoms with van der Waals surface area (Å²) in [5, 5.41) is 3.15. The number of pyridine rings is 1. The largest absolute Gasteiger partial charge is 0.479 e. The summed E-state index contributed by atoms with van der Waals surface area (Å²) in [5.41, 5.74) is 7.43. The Hall–Kier alpha value is -2.37. The third-order valence-corrected chi connectivity index (χ3v) is 2.47. The number of anilines is 2. The van der Waals surface area contributed by atoms with Crippen LogP contribution in [0, 0.1) is 0 Å². The molecule has 6 nitrogen and oxygen atoms in total. The molecule has 18 heavy (non-hydrogen) atoms. The van der Waals surface area contributed by atoms with Crippen molar-refractivity contribution in [3.63, 3.8) is 0 Å². The number of ether oxygens (including phenoxy) is 1. The van der Waals surface area contributed by atoms with Crippen LogP contribution in [-0.2, 0) is 6.42 Å². The number of nitrogen functional groups attached to an aromatic ring is 1. The van der Waals surface area contributed by atoms with Crippen LogP contribution in [-0.4, -0.2) is 28.6 Å². The van der Waals surface area contributed by atoms with Crippen LogP contribution >= 0.6 is 0 Å². The van der Waals surface area contributed by atoms with Crippen molar-refractivity contribution in [2.45, 2.75) is 6.42 Å². The lowest BCUT2D eigenvalue weighted by Gasteiger charge is -2.09. The number of nitrogens with two attached hydrogens (primary N) is 1. The van der Waals surface area contributed by atoms with Crippen molar-refractivity contribution >= 4 is 11.5 Å². The van der Waals surface area contributed by atoms with Gasteiger partial charge in [0.25, 0.3) is 0 Å². The summed E-state index contributed by atoms with van der Waals surface area (Å²) in [6, 6.07) is 3.94. The third kappa shape index (κ3) is 2.85. The van der Waals surface area contributed by atoms with E-state index in [-0.39, 0.29) is 0 Å². The molecule has 94 valence electrons. The second-order valence-electron chi connectivity index (χ2n) is 3.68. The van der Waals surface area contributed by atoms with Crippen LogP contribution in [0.15, 0.2) is 30.9 Å². The summed E-state index contributed by atoms with van der Waals surface area (Å²) in [6.45, 7) is 0.718. The number of aromatic nitrogens is 3. The molecule has 2 heterocycles. The highest BCUT2D eigenvalue weighted by Gasteiger charge is 2.07. The number of nitrogens with one attached hydrogen (secondary N) is 1. The third-order valence-electron chi connectivity index (χ3n) is 2.47. The zero-order valence-corrected chi connectivity index (χ0v) is 10.1. The quantitative estimate of drug-likeness (QED) is 0.820. The SMILES string of the molecule is COc1ncnc(NCCc2cccnc2)c1N. The molecule has 0 aliphatic carbocycles. The van der Waals surface area contributed by atoms with Gasteiger partial charge < -0.3 is 15.8 Å². The molecule has 0 aliphatic rings. The van der Waals surface area contributed by atoms with Crippen molar-refractivity contribution < 1.29 is 4.74 Å². The molecule has 0 amide bonds. The van der Waals surface area contributed by atoms with E-state index in [4.69, 9.17) is 10.5 Å². The maximum atomic E-state index is 5.85. The van der Waals surface area contributed by atoms with Gasteiger partial charge in [0, 0.05) is 18.9 Å². The van der Waals surface area contributed by atoms with Crippen molar-refractivity contribution in [2.24, 2.45) is 0 Å². The van der Waals surface area contributed by atoms with E-state index in [0.29, 0.717) is 17.4 Å². The van der Waals surface area contributed by atoms with Crippen LogP contribution in [0.1, 0.15) is 5.56 Å². The molecule has 0 bridgehead atoms. The van der Waals surface area contributed by atoms with Gasteiger partial charge in [0.2, 0.25) is 5.88 Å². The molecule has 2 aromatic rings. The van der Waals surface area contributed by atoms with E-state index < -0.39 is 0 Å². The summed E-state index contributed by atoms with van der Waals surface area (Å²) in [4.78, 5) is 12.0. The summed E-state index contributed by atoms with van der Waals surface area (Å²) in [7, 11) is 1.53. The minimum atomic E-state index is 0.383. The highest BCUT2D eigenvalue weighted by molar-refractivity contribution is 5.66. The van der Waals surface area contributed by atoms with Crippen molar-refractivity contribution in [1.82, 2.24) is 15.0 Å². The monoisotopic (exact) mass is 245 g/mol. The Kier molecular flexibility index (Phi) is 3.90. The molecule has 3 N–H and O–H groups in total. The number of hydrogen-bond donors (Lipinski definition) is 2. The lowest BCUT2D eigenvalue weighted by atomic mass is 10.2. The van der Waals surface area contributed by atoms with Crippen LogP contribution in [0.25, 0.3) is 0 Å². The number of nitrogens with zero attached hydrogens (tertiary/aromatic N) is 3. The molecule has 2 rings (SSSR count). The second kappa shape index (κ2) is 5.81. The zero-order chi connectivity index (χ0) is 12.8. The first-order chi connectivity index (χ1) is 8.81. The molecule has 0 radical (unpaired) electrons. The maximum absolute atomic E-state index is 5.85. The van der Waals surface area contributed by atoms with E-state index in [1.54, 1.807) is 6.20 Å². The number of methoxy groups -OCH3 is 1. The Morgan fingerprint density at radius 2 is 2.28 bits per heavy atom. The van der Waals surface area contributed by atoms with E-state index in [0.717, 1.165) is 18.5 Å². The molecule has 2 aromatic heterocycles. The predicted octanol–water partition coefficient (Wildman–Crippen LogP) is 1.12. The Labute approximate surface area is 105 Å². The van der Waals surface area contributed by atoms with Crippen molar-refractivity contribution in [3.8, 4) is 5.88 Å². The van der Waals surface area contributed by atoms with E-state index >= 15 is 0 Å². The van der Waals surface area contributed by atoms with Gasteiger partial charge >= 0.3 is 0 Å². The van der Waals surface area contributed by atoms with E-state index in [2.05, 4.69) is 20.3 Å². The van der Waals surface area contributed by atoms with Gasteiger partial charge in [0.05, 0.1) is 7.11 Å². The molecular weight excluding hydrogens is 230 g/mol. The Morgan fingerprint density at radius 1 is 1.39 bits per heavy atom. The summed E-state index contributed by atoms with van der Waals surface area (Å²) < 4.78 is 5.02. The highest BCUT2D eigenvalue weighted by Crippen LogP contribution is 2.23. The lowest BCUT2D eigenvalue weighted by Crippen LogP contribution is -2.10. The number of rotatable bonds is 5. The van der Waals surface area contributed by atoms with Gasteiger partial charge in [-0.15, -0.1) is 0 Å². The van der Waals surface area contributed by atoms with Gasteiger partial charge in [-0.05, 0) is 18.1 Å². The van der Waals surface area contributed by atoms with Gasteiger partial charge in [-0.25, -0.2) is 4.98 Å². The first kappa shape index (κ1) is 12.1. The van der Waals surface area contributed by atoms with Crippen LogP contribution in [0.2, 0.25) is 0 Å². The summed E-state index contributed by atoms with van der Waals surface area (Å²) in [5.74, 6) is 0.972. The molecular formula is C12H15N5O. The predicted molar refractivity (Wildman–Crippen MR) is 69.4 cm³/mol. The van der Waals surface area contributed by atoms with Crippen molar-refractivity contribution in [2.75, 3.05) is 24.7 Å². The first-order valence-corrected chi connectivity index (χ1v) is 5.58. The first-order valence-electron chi connectivity index (χ1n) is 5.58. The normalized spacial score (nSPS) is 10.1. The fraction of sp³-hybridized carbons (Fsp3) is 0.250. The van der Waals surface area contributed by atoms with Gasteiger partial charge in [0.15, 0.2) is 5.82 Å². The molecule has 0 spiro atoms. The molecule has 0 aromatic carbocycles. The molecule has 0 unspecified atom stereocenters. The summed E-state index contributed by atoms with van der Waals surface area (Å²) in [6.07, 6.45) is 5.86. The van der Waals surface area contributed by atoms with Crippen molar-refractivity contribution in [3.05, 3.63) is 36.4 Å². The Bertz CT molecular complexity index is 503. The van der Waals surface area contributed by atoms with Crippen LogP contribution in [0.4, 0.5) is 11.5 Å². The van der Waals surface area contributed by atoms with Gasteiger partial charge in [-0.3, -0.25) is 4.98 Å². The molecule has 0 atom stereocenters. The lowest BCUT2D eigenvalue weighted by molar-refractivity contribution is 0.399. The second-order valence-corrected chi connectivity index (χ2v) is 3.68. The zero-order valence-electron chi connectivity index (χ0n) is 10.1. The number of hydrogen-bond acceptors (Lipinski definition) is 6. The minimum Gasteiger partial charge on any atom is -0.479 e. The van der Waals surface area contributed by atoms with E-state index in [1.165, 1.54) is 13.4 Å². The fourth-order valence-electron chi connectivity index (χ4n) is 1.55. The van der Waals surface area contributed by atoms with Crippen LogP contribution < -0.4 is 15.8 Å². The molecule has 0 saturated heterocycles. The molecule has 0 saturated carbocycles. The maximum Gasteiger partial charge on any atom is 0.242 e. The average molecular weight is 245 g/mol. The molecule has 6 heteroatoms. The highest BCUT2D eigenvalue weighted by atomic mass is 16.5. The van der Waals surface area contributed by atoms with E-state index in [1.807, 2.05) is 18.3 Å². The van der Waals surface area contributed by atoms with Gasteiger partial charge in [0.1, 0.15) is 12.0 Å². The van der Waals surface area contributed by atoms with Crippen LogP contribution in [0.5, 0.6) is 5.88 Å². The average Bonchev–Trinajstić information content (AvgIpc) is 2.42. The van der Waals surface area contributed by atoms with E-state index in [9.17, 15) is 0 Å². The fourth-order valence-corrected chi connectivity index (χ4v) is 1.55. The molecule has 0 fully saturated rings. The molecule has 0 aliphatic heterocycles. The Balaban J connectivity index is 1.95. The van der Waals surface area contributed by atoms with Crippen molar-refractivity contribution in [1.29, 1.82) is 0 Å². The van der Waals surface area contributed by atoms with Gasteiger partial charge in [-0.2, -0.15) is 4.98 Å². The smallest absolute Gasteiger partial charge is 0.242 e.